The number of sulfonamides is 1. The van der Waals surface area contributed by atoms with Crippen molar-refractivity contribution < 1.29 is 59.7 Å². The molecule has 0 radical (unpaired) electrons. The second-order valence-corrected chi connectivity index (χ2v) is 10.6. The van der Waals surface area contributed by atoms with Crippen molar-refractivity contribution in [2.24, 2.45) is 0 Å². The summed E-state index contributed by atoms with van der Waals surface area (Å²) in [7, 11) is -2.76. The summed E-state index contributed by atoms with van der Waals surface area (Å²) in [6.45, 7) is -0.922. The Kier molecular flexibility index (Phi) is 8.57. The summed E-state index contributed by atoms with van der Waals surface area (Å²) in [6.07, 6.45) is -14.3. The van der Waals surface area contributed by atoms with Gasteiger partial charge in [0.1, 0.15) is 12.1 Å². The molecule has 220 valence electrons. The van der Waals surface area contributed by atoms with E-state index in [1.165, 1.54) is 12.1 Å². The van der Waals surface area contributed by atoms with E-state index in [2.05, 4.69) is 10.0 Å². The third-order valence-electron chi connectivity index (χ3n) is 6.25. The average molecular weight is 600 g/mol. The van der Waals surface area contributed by atoms with Gasteiger partial charge in [-0.15, -0.1) is 0 Å². The lowest BCUT2D eigenvalue weighted by atomic mass is 9.92. The summed E-state index contributed by atoms with van der Waals surface area (Å²) >= 11 is 0. The monoisotopic (exact) mass is 599 g/mol. The van der Waals surface area contributed by atoms with Crippen LogP contribution in [-0.2, 0) is 31.8 Å². The molecule has 10 nitrogen and oxygen atoms in total. The second-order valence-electron chi connectivity index (χ2n) is 8.74. The number of halogens is 6. The first-order valence-corrected chi connectivity index (χ1v) is 12.8. The number of fused-ring (bicyclic) bond motifs is 1. The minimum Gasteiger partial charge on any atom is -0.396 e. The molecule has 1 heterocycles. The van der Waals surface area contributed by atoms with Crippen LogP contribution in [0.15, 0.2) is 47.4 Å². The zero-order chi connectivity index (χ0) is 30.3. The van der Waals surface area contributed by atoms with E-state index in [0.29, 0.717) is 24.3 Å². The van der Waals surface area contributed by atoms with Crippen molar-refractivity contribution in [3.63, 3.8) is 0 Å². The van der Waals surface area contributed by atoms with Gasteiger partial charge in [-0.25, -0.2) is 13.1 Å². The highest BCUT2D eigenvalue weighted by Crippen LogP contribution is 2.50. The minimum atomic E-state index is -6.11. The van der Waals surface area contributed by atoms with Crippen molar-refractivity contribution in [1.82, 2.24) is 9.62 Å². The zero-order valence-corrected chi connectivity index (χ0v) is 21.2. The summed E-state index contributed by atoms with van der Waals surface area (Å²) in [5.41, 5.74) is -6.69. The highest BCUT2D eigenvalue weighted by atomic mass is 32.2. The van der Waals surface area contributed by atoms with Gasteiger partial charge in [0.2, 0.25) is 10.0 Å². The van der Waals surface area contributed by atoms with Crippen LogP contribution in [0.2, 0.25) is 0 Å². The van der Waals surface area contributed by atoms with Gasteiger partial charge >= 0.3 is 12.4 Å². The van der Waals surface area contributed by atoms with E-state index in [1.807, 2.05) is 0 Å². The molecule has 0 saturated heterocycles. The number of alkyl halides is 6. The fourth-order valence-electron chi connectivity index (χ4n) is 4.13. The zero-order valence-electron chi connectivity index (χ0n) is 20.4. The van der Waals surface area contributed by atoms with Crippen molar-refractivity contribution in [2.75, 3.05) is 19.0 Å². The fraction of sp³-hybridized carbons (Fsp3) is 0.391. The Balaban J connectivity index is 1.97. The molecule has 0 saturated carbocycles. The molecular formula is C23H23F6N3O7S. The van der Waals surface area contributed by atoms with E-state index in [0.717, 1.165) is 18.0 Å². The largest absolute Gasteiger partial charge is 0.430 e. The molecule has 2 aromatic rings. The Morgan fingerprint density at radius 3 is 2.12 bits per heavy atom. The second kappa shape index (κ2) is 11.0. The van der Waals surface area contributed by atoms with Crippen LogP contribution in [0.5, 0.6) is 0 Å². The van der Waals surface area contributed by atoms with Gasteiger partial charge in [-0.05, 0) is 42.4 Å². The van der Waals surface area contributed by atoms with E-state index in [9.17, 15) is 54.6 Å². The van der Waals surface area contributed by atoms with Crippen LogP contribution < -0.4 is 10.0 Å². The predicted molar refractivity (Wildman–Crippen MR) is 125 cm³/mol. The molecule has 0 aliphatic carbocycles. The van der Waals surface area contributed by atoms with Crippen LogP contribution in [0.4, 0.5) is 32.0 Å². The van der Waals surface area contributed by atoms with Crippen LogP contribution in [0, 0.1) is 0 Å². The Bertz CT molecular complexity index is 1370. The molecule has 2 amide bonds. The number of anilines is 1. The molecule has 3 rings (SSSR count). The van der Waals surface area contributed by atoms with Crippen molar-refractivity contribution in [1.29, 1.82) is 0 Å². The van der Waals surface area contributed by atoms with Crippen molar-refractivity contribution >= 4 is 27.5 Å². The highest BCUT2D eigenvalue weighted by Gasteiger charge is 2.71. The molecule has 0 spiro atoms. The van der Waals surface area contributed by atoms with Crippen LogP contribution in [0.1, 0.15) is 29.2 Å². The number of carbonyl (C=O) groups excluding carboxylic acids is 2. The molecule has 5 N–H and O–H groups in total. The third-order valence-corrected chi connectivity index (χ3v) is 7.66. The maximum Gasteiger partial charge on any atom is 0.430 e. The van der Waals surface area contributed by atoms with Gasteiger partial charge in [0.15, 0.2) is 0 Å². The van der Waals surface area contributed by atoms with Crippen molar-refractivity contribution in [3.8, 4) is 0 Å². The summed E-state index contributed by atoms with van der Waals surface area (Å²) in [5.74, 6) is -2.00. The number of nitrogens with zero attached hydrogens (tertiary/aromatic N) is 1. The number of nitrogens with one attached hydrogen (secondary N) is 2. The lowest BCUT2D eigenvalue weighted by molar-refractivity contribution is -0.376. The Morgan fingerprint density at radius 1 is 1.05 bits per heavy atom. The molecule has 17 heteroatoms. The first-order chi connectivity index (χ1) is 18.4. The van der Waals surface area contributed by atoms with Gasteiger partial charge in [-0.1, -0.05) is 18.2 Å². The molecule has 2 aromatic carbocycles. The number of hydrogen-bond donors (Lipinski definition) is 5. The topological polar surface area (TPSA) is 156 Å². The quantitative estimate of drug-likeness (QED) is 0.289. The lowest BCUT2D eigenvalue weighted by Gasteiger charge is -2.32. The molecule has 0 aromatic heterocycles. The number of hydrogen-bond acceptors (Lipinski definition) is 7. The molecule has 1 aliphatic heterocycles. The number of rotatable bonds is 8. The number of aliphatic hydroxyl groups excluding tert-OH is 2. The van der Waals surface area contributed by atoms with E-state index >= 15 is 0 Å². The summed E-state index contributed by atoms with van der Waals surface area (Å²) in [4.78, 5) is 26.8. The Hall–Kier alpha value is -3.25. The van der Waals surface area contributed by atoms with Gasteiger partial charge in [0.05, 0.1) is 4.90 Å². The first kappa shape index (κ1) is 31.3. The summed E-state index contributed by atoms with van der Waals surface area (Å²) < 4.78 is 105. The van der Waals surface area contributed by atoms with Crippen molar-refractivity contribution in [3.05, 3.63) is 59.2 Å². The molecule has 1 aliphatic rings. The van der Waals surface area contributed by atoms with Crippen LogP contribution in [-0.4, -0.2) is 72.6 Å². The normalized spacial score (nSPS) is 16.9. The molecule has 0 bridgehead atoms. The summed E-state index contributed by atoms with van der Waals surface area (Å²) in [6, 6.07) is 4.09. The van der Waals surface area contributed by atoms with Crippen LogP contribution >= 0.6 is 0 Å². The van der Waals surface area contributed by atoms with Gasteiger partial charge in [0, 0.05) is 30.8 Å². The highest BCUT2D eigenvalue weighted by molar-refractivity contribution is 7.89. The minimum absolute atomic E-state index is 0.136. The van der Waals surface area contributed by atoms with Gasteiger partial charge < -0.3 is 25.5 Å². The average Bonchev–Trinajstić information content (AvgIpc) is 3.26. The predicted octanol–water partition coefficient (Wildman–Crippen LogP) is 1.67. The number of carbonyl (C=O) groups is 2. The molecule has 0 fully saturated rings. The van der Waals surface area contributed by atoms with E-state index in [-0.39, 0.29) is 34.7 Å². The van der Waals surface area contributed by atoms with Gasteiger partial charge in [0.25, 0.3) is 17.4 Å². The van der Waals surface area contributed by atoms with Crippen LogP contribution in [0.3, 0.4) is 0 Å². The Labute approximate surface area is 223 Å². The van der Waals surface area contributed by atoms with E-state index < -0.39 is 64.1 Å². The maximum atomic E-state index is 13.2. The van der Waals surface area contributed by atoms with Gasteiger partial charge in [-0.2, -0.15) is 26.3 Å². The molecule has 40 heavy (non-hydrogen) atoms. The van der Waals surface area contributed by atoms with Gasteiger partial charge in [-0.3, -0.25) is 9.59 Å². The summed E-state index contributed by atoms with van der Waals surface area (Å²) in [5, 5.41) is 31.0. The Morgan fingerprint density at radius 2 is 1.62 bits per heavy atom. The number of benzene rings is 2. The van der Waals surface area contributed by atoms with E-state index in [4.69, 9.17) is 5.11 Å². The molecular weight excluding hydrogens is 576 g/mol. The maximum absolute atomic E-state index is 13.2. The number of aliphatic hydroxyl groups is 3. The smallest absolute Gasteiger partial charge is 0.396 e. The molecule has 0 unspecified atom stereocenters. The lowest BCUT2D eigenvalue weighted by Crippen LogP contribution is -2.53. The SMILES string of the molecule is CNS(=O)(=O)c1ccc2c(c1)CN(C(=O)[C@@H](O)CCO)[C@@H]2C(=O)Nc1ccc(C(O)(C(F)(F)F)C(F)(F)F)cc1. The van der Waals surface area contributed by atoms with Crippen molar-refractivity contribution in [2.45, 2.75) is 48.0 Å². The third kappa shape index (κ3) is 5.64. The molecule has 2 atom stereocenters. The number of amides is 2. The first-order valence-electron chi connectivity index (χ1n) is 11.3. The fourth-order valence-corrected chi connectivity index (χ4v) is 4.91. The van der Waals surface area contributed by atoms with E-state index in [1.54, 1.807) is 0 Å². The standard InChI is InChI=1S/C23H23F6N3O7S/c1-30-40(38,39)15-6-7-16-12(10-15)11-32(20(36)17(34)8-9-33)18(16)19(35)31-14-4-2-13(3-5-14)21(37,22(24,25)26)23(27,28)29/h2-7,10,17-18,30,33-34,37H,8-9,11H2,1H3,(H,31,35)/t17-,18-/m0/s1. The van der Waals surface area contributed by atoms with Crippen LogP contribution in [0.25, 0.3) is 0 Å².